The number of carbonyl (C=O) groups excluding carboxylic acids is 1. The normalized spacial score (nSPS) is 22.8. The van der Waals surface area contributed by atoms with Crippen molar-refractivity contribution >= 4 is 18.4 Å². The summed E-state index contributed by atoms with van der Waals surface area (Å²) in [7, 11) is 0. The summed E-state index contributed by atoms with van der Waals surface area (Å²) in [4.78, 5) is 13.1. The van der Waals surface area contributed by atoms with Crippen LogP contribution in [0.5, 0.6) is 0 Å². The third-order valence-corrected chi connectivity index (χ3v) is 4.39. The minimum atomic E-state index is -0.655. The van der Waals surface area contributed by atoms with E-state index in [1.165, 1.54) is 0 Å². The fourth-order valence-electron chi connectivity index (χ4n) is 2.61. The number of aryl methyl sites for hydroxylation is 1. The molecule has 19 heavy (non-hydrogen) atoms. The highest BCUT2D eigenvalue weighted by Gasteiger charge is 2.43. The Bertz CT molecular complexity index is 483. The predicted octanol–water partition coefficient (Wildman–Crippen LogP) is 2.12. The molecule has 0 aromatic heterocycles. The lowest BCUT2D eigenvalue weighted by Crippen LogP contribution is -2.53. The standard InChI is InChI=1S/C15H21NO2S/c1-10-4-5-12(13(19)8-10)15(3,11(2)17)14-9-16-6-7-18-14/h4-5,8,14,16,19H,6-7,9H2,1-3H3. The fraction of sp³-hybridized carbons (Fsp3) is 0.533. The molecule has 0 bridgehead atoms. The zero-order valence-electron chi connectivity index (χ0n) is 11.7. The van der Waals surface area contributed by atoms with Crippen molar-refractivity contribution in [2.45, 2.75) is 37.2 Å². The molecular weight excluding hydrogens is 258 g/mol. The second kappa shape index (κ2) is 5.65. The molecule has 2 unspecified atom stereocenters. The van der Waals surface area contributed by atoms with Crippen LogP contribution < -0.4 is 5.32 Å². The van der Waals surface area contributed by atoms with Gasteiger partial charge in [0.1, 0.15) is 5.78 Å². The zero-order valence-corrected chi connectivity index (χ0v) is 12.6. The number of Topliss-reactive ketones (excluding diaryl/α,β-unsaturated/α-hetero) is 1. The lowest BCUT2D eigenvalue weighted by atomic mass is 9.73. The topological polar surface area (TPSA) is 38.3 Å². The van der Waals surface area contributed by atoms with Crippen molar-refractivity contribution < 1.29 is 9.53 Å². The monoisotopic (exact) mass is 279 g/mol. The number of hydrogen-bond acceptors (Lipinski definition) is 4. The average Bonchev–Trinajstić information content (AvgIpc) is 2.38. The zero-order chi connectivity index (χ0) is 14.0. The van der Waals surface area contributed by atoms with Crippen LogP contribution in [0, 0.1) is 6.92 Å². The van der Waals surface area contributed by atoms with Gasteiger partial charge in [0.15, 0.2) is 0 Å². The molecule has 0 radical (unpaired) electrons. The van der Waals surface area contributed by atoms with E-state index < -0.39 is 5.41 Å². The molecule has 1 aromatic rings. The molecule has 4 heteroatoms. The molecule has 3 nitrogen and oxygen atoms in total. The highest BCUT2D eigenvalue weighted by atomic mass is 32.1. The first-order chi connectivity index (χ1) is 8.96. The predicted molar refractivity (Wildman–Crippen MR) is 79.1 cm³/mol. The molecule has 1 aromatic carbocycles. The van der Waals surface area contributed by atoms with Gasteiger partial charge in [-0.3, -0.25) is 4.79 Å². The maximum absolute atomic E-state index is 12.3. The van der Waals surface area contributed by atoms with Crippen molar-refractivity contribution in [3.05, 3.63) is 29.3 Å². The van der Waals surface area contributed by atoms with Crippen molar-refractivity contribution in [1.29, 1.82) is 0 Å². The van der Waals surface area contributed by atoms with Gasteiger partial charge in [0.2, 0.25) is 0 Å². The number of ether oxygens (including phenoxy) is 1. The summed E-state index contributed by atoms with van der Waals surface area (Å²) in [5, 5.41) is 3.29. The van der Waals surface area contributed by atoms with Gasteiger partial charge in [0, 0.05) is 18.0 Å². The van der Waals surface area contributed by atoms with Crippen LogP contribution in [-0.4, -0.2) is 31.6 Å². The third-order valence-electron chi connectivity index (χ3n) is 4.02. The molecule has 0 saturated carbocycles. The number of nitrogens with one attached hydrogen (secondary N) is 1. The number of rotatable bonds is 3. The minimum Gasteiger partial charge on any atom is -0.374 e. The molecule has 0 amide bonds. The van der Waals surface area contributed by atoms with Crippen LogP contribution in [0.3, 0.4) is 0 Å². The highest BCUT2D eigenvalue weighted by Crippen LogP contribution is 2.35. The molecule has 2 rings (SSSR count). The first-order valence-corrected chi connectivity index (χ1v) is 7.04. The van der Waals surface area contributed by atoms with Crippen LogP contribution >= 0.6 is 12.6 Å². The summed E-state index contributed by atoms with van der Waals surface area (Å²) in [6.07, 6.45) is -0.146. The summed E-state index contributed by atoms with van der Waals surface area (Å²) >= 11 is 4.55. The largest absolute Gasteiger partial charge is 0.374 e. The molecular formula is C15H21NO2S. The van der Waals surface area contributed by atoms with Crippen LogP contribution in [0.2, 0.25) is 0 Å². The van der Waals surface area contributed by atoms with Crippen molar-refractivity contribution in [3.8, 4) is 0 Å². The molecule has 104 valence electrons. The minimum absolute atomic E-state index is 0.111. The Labute approximate surface area is 120 Å². The maximum atomic E-state index is 12.3. The van der Waals surface area contributed by atoms with Gasteiger partial charge >= 0.3 is 0 Å². The number of hydrogen-bond donors (Lipinski definition) is 2. The maximum Gasteiger partial charge on any atom is 0.142 e. The molecule has 1 fully saturated rings. The van der Waals surface area contributed by atoms with E-state index in [0.29, 0.717) is 13.2 Å². The Kier molecular flexibility index (Phi) is 4.33. The van der Waals surface area contributed by atoms with Gasteiger partial charge in [0.25, 0.3) is 0 Å². The van der Waals surface area contributed by atoms with Crippen LogP contribution in [-0.2, 0) is 14.9 Å². The van der Waals surface area contributed by atoms with Gasteiger partial charge in [0.05, 0.1) is 18.1 Å². The van der Waals surface area contributed by atoms with Crippen molar-refractivity contribution in [2.24, 2.45) is 0 Å². The molecule has 1 N–H and O–H groups in total. The number of benzene rings is 1. The molecule has 1 aliphatic rings. The average molecular weight is 279 g/mol. The van der Waals surface area contributed by atoms with Gasteiger partial charge in [-0.15, -0.1) is 12.6 Å². The van der Waals surface area contributed by atoms with E-state index in [9.17, 15) is 4.79 Å². The number of carbonyl (C=O) groups is 1. The summed E-state index contributed by atoms with van der Waals surface area (Å²) in [6, 6.07) is 6.01. The van der Waals surface area contributed by atoms with Crippen LogP contribution in [0.15, 0.2) is 23.1 Å². The van der Waals surface area contributed by atoms with Crippen molar-refractivity contribution in [1.82, 2.24) is 5.32 Å². The summed E-state index contributed by atoms with van der Waals surface area (Å²) in [6.45, 7) is 7.78. The Morgan fingerprint density at radius 1 is 1.53 bits per heavy atom. The first-order valence-electron chi connectivity index (χ1n) is 6.59. The van der Waals surface area contributed by atoms with Crippen LogP contribution in [0.4, 0.5) is 0 Å². The quantitative estimate of drug-likeness (QED) is 0.832. The number of thiol groups is 1. The van der Waals surface area contributed by atoms with E-state index in [2.05, 4.69) is 17.9 Å². The number of ketones is 1. The van der Waals surface area contributed by atoms with E-state index in [1.54, 1.807) is 6.92 Å². The van der Waals surface area contributed by atoms with Gasteiger partial charge in [-0.2, -0.15) is 0 Å². The Balaban J connectivity index is 2.46. The Morgan fingerprint density at radius 3 is 2.79 bits per heavy atom. The van der Waals surface area contributed by atoms with E-state index in [4.69, 9.17) is 4.74 Å². The lowest BCUT2D eigenvalue weighted by Gasteiger charge is -2.39. The van der Waals surface area contributed by atoms with E-state index >= 15 is 0 Å². The lowest BCUT2D eigenvalue weighted by molar-refractivity contribution is -0.129. The smallest absolute Gasteiger partial charge is 0.142 e. The molecule has 1 aliphatic heterocycles. The summed E-state index contributed by atoms with van der Waals surface area (Å²) in [5.41, 5.74) is 1.43. The summed E-state index contributed by atoms with van der Waals surface area (Å²) < 4.78 is 5.83. The molecule has 0 aliphatic carbocycles. The highest BCUT2D eigenvalue weighted by molar-refractivity contribution is 7.80. The molecule has 1 heterocycles. The second-order valence-electron chi connectivity index (χ2n) is 5.34. The Hall–Kier alpha value is -0.840. The molecule has 2 atom stereocenters. The van der Waals surface area contributed by atoms with Gasteiger partial charge in [-0.1, -0.05) is 17.7 Å². The first kappa shape index (κ1) is 14.6. The van der Waals surface area contributed by atoms with Crippen LogP contribution in [0.25, 0.3) is 0 Å². The third kappa shape index (κ3) is 2.71. The Morgan fingerprint density at radius 2 is 2.26 bits per heavy atom. The fourth-order valence-corrected chi connectivity index (χ4v) is 3.12. The van der Waals surface area contributed by atoms with Crippen molar-refractivity contribution in [2.75, 3.05) is 19.7 Å². The van der Waals surface area contributed by atoms with Gasteiger partial charge in [-0.25, -0.2) is 0 Å². The SMILES string of the molecule is CC(=O)C(C)(c1ccc(C)cc1S)C1CNCCO1. The van der Waals surface area contributed by atoms with Crippen LogP contribution in [0.1, 0.15) is 25.0 Å². The van der Waals surface area contributed by atoms with E-state index in [1.807, 2.05) is 32.0 Å². The van der Waals surface area contributed by atoms with Gasteiger partial charge < -0.3 is 10.1 Å². The van der Waals surface area contributed by atoms with Crippen molar-refractivity contribution in [3.63, 3.8) is 0 Å². The second-order valence-corrected chi connectivity index (χ2v) is 5.82. The molecule has 1 saturated heterocycles. The van der Waals surface area contributed by atoms with E-state index in [0.717, 1.165) is 22.6 Å². The molecule has 0 spiro atoms. The summed E-state index contributed by atoms with van der Waals surface area (Å²) in [5.74, 6) is 0.111. The van der Waals surface area contributed by atoms with E-state index in [-0.39, 0.29) is 11.9 Å². The van der Waals surface area contributed by atoms with Gasteiger partial charge in [-0.05, 0) is 32.4 Å². The number of morpholine rings is 1.